The molecule has 0 aliphatic carbocycles. The van der Waals surface area contributed by atoms with Gasteiger partial charge in [-0.3, -0.25) is 0 Å². The summed E-state index contributed by atoms with van der Waals surface area (Å²) in [5, 5.41) is 11.2. The van der Waals surface area contributed by atoms with Gasteiger partial charge < -0.3 is 4.90 Å². The van der Waals surface area contributed by atoms with Crippen LogP contribution < -0.4 is 4.90 Å². The van der Waals surface area contributed by atoms with Crippen LogP contribution in [0.4, 0.5) is 10.1 Å². The van der Waals surface area contributed by atoms with E-state index in [1.165, 1.54) is 10.9 Å². The molecule has 0 unspecified atom stereocenters. The molecule has 98 valence electrons. The SMILES string of the molecule is CC(C)N(Cc1cccs1)c1cccc(F)c1C#N. The number of rotatable bonds is 4. The second-order valence-electron chi connectivity index (χ2n) is 4.55. The number of nitrogens with zero attached hydrogens (tertiary/aromatic N) is 2. The van der Waals surface area contributed by atoms with Gasteiger partial charge in [-0.15, -0.1) is 11.3 Å². The van der Waals surface area contributed by atoms with Crippen molar-refractivity contribution in [2.45, 2.75) is 26.4 Å². The quantitative estimate of drug-likeness (QED) is 0.836. The Morgan fingerprint density at radius 1 is 1.32 bits per heavy atom. The van der Waals surface area contributed by atoms with Crippen LogP contribution >= 0.6 is 11.3 Å². The number of nitriles is 1. The summed E-state index contributed by atoms with van der Waals surface area (Å²) < 4.78 is 13.7. The van der Waals surface area contributed by atoms with Crippen LogP contribution in [0.2, 0.25) is 0 Å². The maximum absolute atomic E-state index is 13.7. The standard InChI is InChI=1S/C15H15FN2S/c1-11(2)18(10-12-5-4-8-19-12)15-7-3-6-14(16)13(15)9-17/h3-8,11H,10H2,1-2H3. The second kappa shape index (κ2) is 5.85. The largest absolute Gasteiger partial charge is 0.363 e. The van der Waals surface area contributed by atoms with Gasteiger partial charge in [-0.2, -0.15) is 5.26 Å². The lowest BCUT2D eigenvalue weighted by atomic mass is 10.1. The topological polar surface area (TPSA) is 27.0 Å². The molecule has 2 rings (SSSR count). The van der Waals surface area contributed by atoms with E-state index in [-0.39, 0.29) is 11.6 Å². The molecule has 19 heavy (non-hydrogen) atoms. The van der Waals surface area contributed by atoms with Gasteiger partial charge in [0.15, 0.2) is 0 Å². The summed E-state index contributed by atoms with van der Waals surface area (Å²) in [6, 6.07) is 11.0. The van der Waals surface area contributed by atoms with Gasteiger partial charge in [0.2, 0.25) is 0 Å². The highest BCUT2D eigenvalue weighted by Crippen LogP contribution is 2.27. The van der Waals surface area contributed by atoms with Crippen molar-refractivity contribution in [3.05, 3.63) is 52.0 Å². The van der Waals surface area contributed by atoms with Crippen molar-refractivity contribution >= 4 is 17.0 Å². The molecule has 0 saturated heterocycles. The van der Waals surface area contributed by atoms with E-state index in [2.05, 4.69) is 0 Å². The highest BCUT2D eigenvalue weighted by Gasteiger charge is 2.17. The Bertz CT molecular complexity index is 585. The van der Waals surface area contributed by atoms with Crippen LogP contribution in [0.3, 0.4) is 0 Å². The van der Waals surface area contributed by atoms with E-state index < -0.39 is 5.82 Å². The molecule has 0 amide bonds. The molecule has 0 aliphatic heterocycles. The molecule has 0 saturated carbocycles. The lowest BCUT2D eigenvalue weighted by molar-refractivity contribution is 0.618. The molecule has 1 aromatic carbocycles. The summed E-state index contributed by atoms with van der Waals surface area (Å²) in [5.74, 6) is -0.461. The van der Waals surface area contributed by atoms with Crippen molar-refractivity contribution in [2.75, 3.05) is 4.90 Å². The first-order valence-corrected chi connectivity index (χ1v) is 6.99. The van der Waals surface area contributed by atoms with Gasteiger partial charge in [-0.25, -0.2) is 4.39 Å². The molecule has 4 heteroatoms. The molecule has 0 spiro atoms. The van der Waals surface area contributed by atoms with Crippen LogP contribution in [-0.4, -0.2) is 6.04 Å². The van der Waals surface area contributed by atoms with Crippen LogP contribution in [0.25, 0.3) is 0 Å². The van der Waals surface area contributed by atoms with Crippen LogP contribution in [0.1, 0.15) is 24.3 Å². The summed E-state index contributed by atoms with van der Waals surface area (Å²) in [5.41, 5.74) is 0.777. The van der Waals surface area contributed by atoms with Gasteiger partial charge in [-0.05, 0) is 37.4 Å². The third-order valence-electron chi connectivity index (χ3n) is 2.94. The molecule has 0 N–H and O–H groups in total. The molecule has 0 fully saturated rings. The Labute approximate surface area is 116 Å². The van der Waals surface area contributed by atoms with Gasteiger partial charge in [-0.1, -0.05) is 12.1 Å². The highest BCUT2D eigenvalue weighted by molar-refractivity contribution is 7.09. The number of thiophene rings is 1. The van der Waals surface area contributed by atoms with Crippen molar-refractivity contribution in [1.82, 2.24) is 0 Å². The lowest BCUT2D eigenvalue weighted by Crippen LogP contribution is -2.30. The van der Waals surface area contributed by atoms with E-state index in [1.807, 2.05) is 42.3 Å². The minimum Gasteiger partial charge on any atom is -0.363 e. The van der Waals surface area contributed by atoms with Crippen molar-refractivity contribution < 1.29 is 4.39 Å². The summed E-state index contributed by atoms with van der Waals surface area (Å²) in [7, 11) is 0. The minimum absolute atomic E-state index is 0.118. The predicted octanol–water partition coefficient (Wildman–Crippen LogP) is 4.17. The van der Waals surface area contributed by atoms with Crippen molar-refractivity contribution in [3.63, 3.8) is 0 Å². The smallest absolute Gasteiger partial charge is 0.143 e. The van der Waals surface area contributed by atoms with E-state index in [0.29, 0.717) is 12.2 Å². The summed E-state index contributed by atoms with van der Waals surface area (Å²) >= 11 is 1.66. The molecular weight excluding hydrogens is 259 g/mol. The van der Waals surface area contributed by atoms with Gasteiger partial charge >= 0.3 is 0 Å². The number of benzene rings is 1. The Hall–Kier alpha value is -1.86. The van der Waals surface area contributed by atoms with Gasteiger partial charge in [0.05, 0.1) is 12.2 Å². The maximum Gasteiger partial charge on any atom is 0.143 e. The van der Waals surface area contributed by atoms with Crippen molar-refractivity contribution in [2.24, 2.45) is 0 Å². The van der Waals surface area contributed by atoms with E-state index in [1.54, 1.807) is 23.5 Å². The van der Waals surface area contributed by atoms with Gasteiger partial charge in [0.25, 0.3) is 0 Å². The molecule has 0 atom stereocenters. The van der Waals surface area contributed by atoms with E-state index in [4.69, 9.17) is 5.26 Å². The summed E-state index contributed by atoms with van der Waals surface area (Å²) in [4.78, 5) is 3.25. The zero-order chi connectivity index (χ0) is 13.8. The Morgan fingerprint density at radius 2 is 2.11 bits per heavy atom. The number of halogens is 1. The van der Waals surface area contributed by atoms with Crippen LogP contribution in [-0.2, 0) is 6.54 Å². The maximum atomic E-state index is 13.7. The first kappa shape index (κ1) is 13.6. The fourth-order valence-electron chi connectivity index (χ4n) is 1.98. The molecule has 0 radical (unpaired) electrons. The average molecular weight is 274 g/mol. The van der Waals surface area contributed by atoms with Crippen LogP contribution in [0.5, 0.6) is 0 Å². The summed E-state index contributed by atoms with van der Waals surface area (Å²) in [6.45, 7) is 4.77. The predicted molar refractivity (Wildman–Crippen MR) is 76.8 cm³/mol. The van der Waals surface area contributed by atoms with E-state index >= 15 is 0 Å². The van der Waals surface area contributed by atoms with Crippen molar-refractivity contribution in [1.29, 1.82) is 5.26 Å². The normalized spacial score (nSPS) is 10.5. The average Bonchev–Trinajstić information content (AvgIpc) is 2.88. The lowest BCUT2D eigenvalue weighted by Gasteiger charge is -2.29. The van der Waals surface area contributed by atoms with Gasteiger partial charge in [0.1, 0.15) is 17.4 Å². The summed E-state index contributed by atoms with van der Waals surface area (Å²) in [6.07, 6.45) is 0. The second-order valence-corrected chi connectivity index (χ2v) is 5.58. The van der Waals surface area contributed by atoms with Crippen LogP contribution in [0, 0.1) is 17.1 Å². The number of hydrogen-bond acceptors (Lipinski definition) is 3. The molecule has 1 heterocycles. The monoisotopic (exact) mass is 274 g/mol. The number of hydrogen-bond donors (Lipinski definition) is 0. The number of anilines is 1. The first-order valence-electron chi connectivity index (χ1n) is 6.11. The Kier molecular flexibility index (Phi) is 4.18. The van der Waals surface area contributed by atoms with Crippen molar-refractivity contribution in [3.8, 4) is 6.07 Å². The fraction of sp³-hybridized carbons (Fsp3) is 0.267. The zero-order valence-corrected chi connectivity index (χ0v) is 11.7. The third kappa shape index (κ3) is 2.94. The Morgan fingerprint density at radius 3 is 2.68 bits per heavy atom. The van der Waals surface area contributed by atoms with E-state index in [0.717, 1.165) is 0 Å². The molecule has 0 bridgehead atoms. The molecule has 2 nitrogen and oxygen atoms in total. The fourth-order valence-corrected chi connectivity index (χ4v) is 2.68. The highest BCUT2D eigenvalue weighted by atomic mass is 32.1. The molecule has 2 aromatic rings. The third-order valence-corrected chi connectivity index (χ3v) is 3.80. The zero-order valence-electron chi connectivity index (χ0n) is 10.9. The molecule has 1 aromatic heterocycles. The van der Waals surface area contributed by atoms with E-state index in [9.17, 15) is 4.39 Å². The molecular formula is C15H15FN2S. The first-order chi connectivity index (χ1) is 9.13. The van der Waals surface area contributed by atoms with Crippen LogP contribution in [0.15, 0.2) is 35.7 Å². The van der Waals surface area contributed by atoms with Gasteiger partial charge in [0, 0.05) is 10.9 Å². The Balaban J connectivity index is 2.40. The molecule has 0 aliphatic rings. The minimum atomic E-state index is -0.461.